The quantitative estimate of drug-likeness (QED) is 0.852. The summed E-state index contributed by atoms with van der Waals surface area (Å²) in [5.41, 5.74) is -0.723. The number of halogens is 3. The van der Waals surface area contributed by atoms with Crippen LogP contribution in [0.25, 0.3) is 0 Å². The highest BCUT2D eigenvalue weighted by molar-refractivity contribution is 8.13. The Bertz CT molecular complexity index is 482. The molecule has 0 bridgehead atoms. The Morgan fingerprint density at radius 1 is 1.38 bits per heavy atom. The normalized spacial score (nSPS) is 17.0. The molecule has 0 radical (unpaired) electrons. The van der Waals surface area contributed by atoms with Crippen molar-refractivity contribution in [1.29, 1.82) is 0 Å². The van der Waals surface area contributed by atoms with E-state index in [9.17, 15) is 18.0 Å². The summed E-state index contributed by atoms with van der Waals surface area (Å²) in [6.07, 6.45) is -1.60. The van der Waals surface area contributed by atoms with Gasteiger partial charge in [0.1, 0.15) is 5.82 Å². The van der Waals surface area contributed by atoms with E-state index in [1.165, 1.54) is 17.8 Å². The molecule has 1 aromatic heterocycles. The van der Waals surface area contributed by atoms with E-state index in [1.807, 2.05) is 4.90 Å². The maximum Gasteiger partial charge on any atom is 0.417 e. The van der Waals surface area contributed by atoms with Gasteiger partial charge < -0.3 is 4.90 Å². The average molecular weight is 318 g/mol. The molecule has 0 spiro atoms. The van der Waals surface area contributed by atoms with Crippen molar-refractivity contribution in [3.05, 3.63) is 23.9 Å². The maximum atomic E-state index is 12.5. The molecule has 0 unspecified atom stereocenters. The second-order valence-corrected chi connectivity index (χ2v) is 6.33. The minimum Gasteiger partial charge on any atom is -0.357 e. The molecule has 0 aliphatic carbocycles. The lowest BCUT2D eigenvalue weighted by atomic mass is 9.99. The van der Waals surface area contributed by atoms with Gasteiger partial charge in [-0.3, -0.25) is 4.79 Å². The third-order valence-corrected chi connectivity index (χ3v) is 4.58. The monoisotopic (exact) mass is 318 g/mol. The zero-order valence-electron chi connectivity index (χ0n) is 11.7. The van der Waals surface area contributed by atoms with Gasteiger partial charge in [-0.1, -0.05) is 11.8 Å². The number of thioether (sulfide) groups is 1. The Morgan fingerprint density at radius 3 is 2.52 bits per heavy atom. The van der Waals surface area contributed by atoms with Gasteiger partial charge in [0.2, 0.25) is 0 Å². The summed E-state index contributed by atoms with van der Waals surface area (Å²) in [6.45, 7) is 3.09. The third-order valence-electron chi connectivity index (χ3n) is 3.54. The highest BCUT2D eigenvalue weighted by atomic mass is 32.2. The van der Waals surface area contributed by atoms with Gasteiger partial charge in [0.25, 0.3) is 0 Å². The number of hydrogen-bond donors (Lipinski definition) is 0. The van der Waals surface area contributed by atoms with Crippen molar-refractivity contribution < 1.29 is 18.0 Å². The summed E-state index contributed by atoms with van der Waals surface area (Å²) in [5, 5.41) is 0.127. The molecule has 1 aromatic rings. The fourth-order valence-corrected chi connectivity index (χ4v) is 3.11. The van der Waals surface area contributed by atoms with Crippen molar-refractivity contribution in [3.63, 3.8) is 0 Å². The molecular weight excluding hydrogens is 301 g/mol. The predicted octanol–water partition coefficient (Wildman–Crippen LogP) is 3.60. The minimum absolute atomic E-state index is 0.127. The van der Waals surface area contributed by atoms with Crippen LogP contribution in [0.1, 0.15) is 25.3 Å². The van der Waals surface area contributed by atoms with Crippen molar-refractivity contribution in [2.24, 2.45) is 5.92 Å². The lowest BCUT2D eigenvalue weighted by molar-refractivity contribution is -0.137. The topological polar surface area (TPSA) is 33.2 Å². The first-order valence-corrected chi connectivity index (χ1v) is 7.76. The van der Waals surface area contributed by atoms with Crippen molar-refractivity contribution in [2.75, 3.05) is 23.7 Å². The molecule has 3 nitrogen and oxygen atoms in total. The molecule has 0 saturated carbocycles. The number of hydrogen-bond acceptors (Lipinski definition) is 4. The van der Waals surface area contributed by atoms with E-state index in [2.05, 4.69) is 4.98 Å². The number of pyridine rings is 1. The number of anilines is 1. The highest BCUT2D eigenvalue weighted by Gasteiger charge is 2.31. The van der Waals surface area contributed by atoms with Crippen LogP contribution in [0, 0.1) is 5.92 Å². The molecule has 1 aliphatic rings. The number of rotatable bonds is 3. The number of aromatic nitrogens is 1. The van der Waals surface area contributed by atoms with Gasteiger partial charge in [-0.2, -0.15) is 13.2 Å². The van der Waals surface area contributed by atoms with E-state index < -0.39 is 11.7 Å². The van der Waals surface area contributed by atoms with E-state index in [0.29, 0.717) is 11.7 Å². The van der Waals surface area contributed by atoms with Crippen LogP contribution >= 0.6 is 11.8 Å². The molecule has 1 fully saturated rings. The number of carbonyl (C=O) groups excluding carboxylic acids is 1. The fraction of sp³-hybridized carbons (Fsp3) is 0.571. The van der Waals surface area contributed by atoms with E-state index in [-0.39, 0.29) is 5.12 Å². The summed E-state index contributed by atoms with van der Waals surface area (Å²) in [6, 6.07) is 2.49. The fourth-order valence-electron chi connectivity index (χ4n) is 2.30. The smallest absolute Gasteiger partial charge is 0.357 e. The molecule has 0 N–H and O–H groups in total. The van der Waals surface area contributed by atoms with Crippen LogP contribution in [0.5, 0.6) is 0 Å². The maximum absolute atomic E-state index is 12.5. The Labute approximate surface area is 125 Å². The van der Waals surface area contributed by atoms with Crippen LogP contribution in [0.4, 0.5) is 19.0 Å². The largest absolute Gasteiger partial charge is 0.417 e. The van der Waals surface area contributed by atoms with Crippen LogP contribution in [0.3, 0.4) is 0 Å². The van der Waals surface area contributed by atoms with E-state index in [0.717, 1.165) is 43.9 Å². The first-order valence-electron chi connectivity index (χ1n) is 6.78. The molecule has 116 valence electrons. The minimum atomic E-state index is -4.34. The number of piperidine rings is 1. The highest BCUT2D eigenvalue weighted by Crippen LogP contribution is 2.30. The molecule has 7 heteroatoms. The molecule has 1 saturated heterocycles. The molecule has 0 amide bonds. The van der Waals surface area contributed by atoms with Crippen LogP contribution in [0.15, 0.2) is 18.3 Å². The summed E-state index contributed by atoms with van der Waals surface area (Å²) in [4.78, 5) is 16.8. The second-order valence-electron chi connectivity index (χ2n) is 5.14. The Balaban J connectivity index is 1.89. The summed E-state index contributed by atoms with van der Waals surface area (Å²) < 4.78 is 37.4. The van der Waals surface area contributed by atoms with Crippen molar-refractivity contribution in [2.45, 2.75) is 25.9 Å². The van der Waals surface area contributed by atoms with Gasteiger partial charge in [-0.05, 0) is 30.9 Å². The predicted molar refractivity (Wildman–Crippen MR) is 77.3 cm³/mol. The van der Waals surface area contributed by atoms with Crippen LogP contribution in [-0.2, 0) is 11.0 Å². The molecule has 2 rings (SSSR count). The number of alkyl halides is 3. The zero-order valence-corrected chi connectivity index (χ0v) is 12.5. The SMILES string of the molecule is CC(=O)SCC1CCN(c2ccc(C(F)(F)F)cn2)CC1. The van der Waals surface area contributed by atoms with Gasteiger partial charge in [0, 0.05) is 32.0 Å². The first kappa shape index (κ1) is 16.1. The standard InChI is InChI=1S/C14H17F3N2OS/c1-10(20)21-9-11-4-6-19(7-5-11)13-3-2-12(8-18-13)14(15,16)17/h2-3,8,11H,4-7,9H2,1H3. The summed E-state index contributed by atoms with van der Waals surface area (Å²) in [7, 11) is 0. The lowest BCUT2D eigenvalue weighted by Crippen LogP contribution is -2.35. The molecule has 21 heavy (non-hydrogen) atoms. The number of carbonyl (C=O) groups is 1. The van der Waals surface area contributed by atoms with Crippen molar-refractivity contribution in [1.82, 2.24) is 4.98 Å². The molecular formula is C14H17F3N2OS. The Kier molecular flexibility index (Phi) is 5.13. The van der Waals surface area contributed by atoms with Crippen molar-refractivity contribution in [3.8, 4) is 0 Å². The zero-order chi connectivity index (χ0) is 15.5. The summed E-state index contributed by atoms with van der Waals surface area (Å²) in [5.74, 6) is 1.90. The Morgan fingerprint density at radius 2 is 2.05 bits per heavy atom. The van der Waals surface area contributed by atoms with Gasteiger partial charge in [-0.15, -0.1) is 0 Å². The lowest BCUT2D eigenvalue weighted by Gasteiger charge is -2.32. The van der Waals surface area contributed by atoms with Gasteiger partial charge in [0.15, 0.2) is 5.12 Å². The number of nitrogens with zero attached hydrogens (tertiary/aromatic N) is 2. The van der Waals surface area contributed by atoms with Crippen molar-refractivity contribution >= 4 is 22.7 Å². The van der Waals surface area contributed by atoms with Crippen LogP contribution in [-0.4, -0.2) is 28.9 Å². The van der Waals surface area contributed by atoms with Gasteiger partial charge in [0.05, 0.1) is 5.56 Å². The molecule has 0 atom stereocenters. The Hall–Kier alpha value is -1.24. The third kappa shape index (κ3) is 4.62. The summed E-state index contributed by atoms with van der Waals surface area (Å²) >= 11 is 1.34. The van der Waals surface area contributed by atoms with Crippen LogP contribution in [0.2, 0.25) is 0 Å². The molecule has 0 aromatic carbocycles. The molecule has 2 heterocycles. The van der Waals surface area contributed by atoms with E-state index >= 15 is 0 Å². The van der Waals surface area contributed by atoms with Gasteiger partial charge in [-0.25, -0.2) is 4.98 Å². The first-order chi connectivity index (χ1) is 9.86. The van der Waals surface area contributed by atoms with E-state index in [4.69, 9.17) is 0 Å². The average Bonchev–Trinajstić information content (AvgIpc) is 2.45. The van der Waals surface area contributed by atoms with Crippen LogP contribution < -0.4 is 4.90 Å². The van der Waals surface area contributed by atoms with E-state index in [1.54, 1.807) is 6.92 Å². The second kappa shape index (κ2) is 6.68. The van der Waals surface area contributed by atoms with Gasteiger partial charge >= 0.3 is 6.18 Å². The molecule has 1 aliphatic heterocycles.